The van der Waals surface area contributed by atoms with Crippen LogP contribution in [0.3, 0.4) is 0 Å². The van der Waals surface area contributed by atoms with Gasteiger partial charge in [-0.2, -0.15) is 0 Å². The number of nitrogens with zero attached hydrogens (tertiary/aromatic N) is 3. The summed E-state index contributed by atoms with van der Waals surface area (Å²) in [6, 6.07) is 7.59. The molecule has 1 aliphatic rings. The van der Waals surface area contributed by atoms with Gasteiger partial charge in [-0.1, -0.05) is 43.4 Å². The zero-order valence-electron chi connectivity index (χ0n) is 25.8. The number of hydrogen-bond acceptors (Lipinski definition) is 6. The van der Waals surface area contributed by atoms with Crippen LogP contribution in [0.5, 0.6) is 0 Å². The van der Waals surface area contributed by atoms with Gasteiger partial charge in [-0.25, -0.2) is 19.0 Å². The standard InChI is InChI=1S/C31H38ClFN4O6Si/c1-8-11-31(28(39)40)22-10-9-19(33)14-21(22)27(38)37(31)17-20-15-24-26(36(20)18-42-12-13-44(5,6)7)23(32)16-25(34-24)35-29(41)43-30(2,3)4/h8-10,14-16H,1,11-13,17-18H2,2-7H3,(H,39,40)(H,34,35,41)/t31-/m0/s1. The van der Waals surface area contributed by atoms with E-state index in [1.165, 1.54) is 23.1 Å². The van der Waals surface area contributed by atoms with Gasteiger partial charge in [0.15, 0.2) is 5.54 Å². The maximum Gasteiger partial charge on any atom is 0.413 e. The van der Waals surface area contributed by atoms with E-state index in [0.717, 1.165) is 18.2 Å². The number of rotatable bonds is 11. The molecule has 3 heterocycles. The number of anilines is 1. The first-order valence-corrected chi connectivity index (χ1v) is 18.3. The molecule has 0 saturated heterocycles. The zero-order chi connectivity index (χ0) is 32.6. The van der Waals surface area contributed by atoms with Crippen molar-refractivity contribution in [3.8, 4) is 0 Å². The van der Waals surface area contributed by atoms with E-state index < -0.39 is 43.0 Å². The fourth-order valence-corrected chi connectivity index (χ4v) is 6.25. The third-order valence-corrected chi connectivity index (χ3v) is 9.21. The largest absolute Gasteiger partial charge is 0.479 e. The van der Waals surface area contributed by atoms with Crippen LogP contribution in [0.2, 0.25) is 30.7 Å². The van der Waals surface area contributed by atoms with E-state index in [-0.39, 0.29) is 41.7 Å². The Morgan fingerprint density at radius 1 is 1.23 bits per heavy atom. The maximum atomic E-state index is 14.2. The number of halogens is 2. The van der Waals surface area contributed by atoms with Crippen molar-refractivity contribution in [2.45, 2.75) is 77.3 Å². The summed E-state index contributed by atoms with van der Waals surface area (Å²) in [5.74, 6) is -2.41. The topological polar surface area (TPSA) is 123 Å². The van der Waals surface area contributed by atoms with Crippen LogP contribution in [-0.2, 0) is 33.1 Å². The molecule has 0 fully saturated rings. The molecular formula is C31H38ClFN4O6Si. The van der Waals surface area contributed by atoms with Gasteiger partial charge in [-0.05, 0) is 45.0 Å². The van der Waals surface area contributed by atoms with Crippen molar-refractivity contribution < 1.29 is 33.4 Å². The summed E-state index contributed by atoms with van der Waals surface area (Å²) >= 11 is 6.74. The molecule has 0 unspecified atom stereocenters. The van der Waals surface area contributed by atoms with Crippen molar-refractivity contribution in [1.29, 1.82) is 0 Å². The summed E-state index contributed by atoms with van der Waals surface area (Å²) in [5.41, 5.74) is -1.05. The van der Waals surface area contributed by atoms with E-state index in [1.807, 2.05) is 0 Å². The molecule has 1 atom stereocenters. The molecular weight excluding hydrogens is 607 g/mol. The average molecular weight is 645 g/mol. The predicted molar refractivity (Wildman–Crippen MR) is 169 cm³/mol. The van der Waals surface area contributed by atoms with Gasteiger partial charge in [-0.3, -0.25) is 10.1 Å². The Hall–Kier alpha value is -3.74. The lowest BCUT2D eigenvalue weighted by atomic mass is 9.86. The van der Waals surface area contributed by atoms with Gasteiger partial charge in [0, 0.05) is 44.0 Å². The number of nitrogens with one attached hydrogen (secondary N) is 1. The SMILES string of the molecule is C=CC[C@@]1(C(=O)O)c2ccc(F)cc2C(=O)N1Cc1cc2nc(NC(=O)OC(C)(C)C)cc(Cl)c2n1COCC[Si](C)(C)C. The molecule has 2 amide bonds. The van der Waals surface area contributed by atoms with E-state index in [4.69, 9.17) is 21.1 Å². The number of aromatic nitrogens is 2. The number of benzene rings is 1. The highest BCUT2D eigenvalue weighted by Gasteiger charge is 2.55. The number of carboxylic acids is 1. The lowest BCUT2D eigenvalue weighted by Crippen LogP contribution is -2.49. The number of ether oxygens (including phenoxy) is 2. The smallest absolute Gasteiger partial charge is 0.413 e. The third kappa shape index (κ3) is 6.82. The monoisotopic (exact) mass is 644 g/mol. The number of aliphatic carboxylic acids is 1. The fraction of sp³-hybridized carbons (Fsp3) is 0.419. The number of carbonyl (C=O) groups excluding carboxylic acids is 2. The molecule has 2 aromatic heterocycles. The molecule has 0 radical (unpaired) electrons. The van der Waals surface area contributed by atoms with Gasteiger partial charge in [-0.15, -0.1) is 6.58 Å². The second-order valence-electron chi connectivity index (χ2n) is 13.0. The Balaban J connectivity index is 1.80. The summed E-state index contributed by atoms with van der Waals surface area (Å²) < 4.78 is 27.4. The number of carbonyl (C=O) groups is 3. The second-order valence-corrected chi connectivity index (χ2v) is 19.0. The highest BCUT2D eigenvalue weighted by atomic mass is 35.5. The summed E-state index contributed by atoms with van der Waals surface area (Å²) in [5, 5.41) is 13.4. The lowest BCUT2D eigenvalue weighted by Gasteiger charge is -2.35. The lowest BCUT2D eigenvalue weighted by molar-refractivity contribution is -0.150. The van der Waals surface area contributed by atoms with Crippen LogP contribution in [0.15, 0.2) is 43.0 Å². The molecule has 2 N–H and O–H groups in total. The van der Waals surface area contributed by atoms with Crippen molar-refractivity contribution in [3.63, 3.8) is 0 Å². The van der Waals surface area contributed by atoms with Gasteiger partial charge in [0.2, 0.25) is 0 Å². The summed E-state index contributed by atoms with van der Waals surface area (Å²) in [4.78, 5) is 44.8. The Bertz CT molecular complexity index is 1630. The van der Waals surface area contributed by atoms with Gasteiger partial charge in [0.1, 0.15) is 24.0 Å². The molecule has 3 aromatic rings. The zero-order valence-corrected chi connectivity index (χ0v) is 27.5. The van der Waals surface area contributed by atoms with E-state index in [9.17, 15) is 23.9 Å². The summed E-state index contributed by atoms with van der Waals surface area (Å²) in [6.45, 7) is 16.0. The predicted octanol–water partition coefficient (Wildman–Crippen LogP) is 7.00. The Labute approximate surface area is 261 Å². The number of carboxylic acid groups (broad SMARTS) is 1. The van der Waals surface area contributed by atoms with Crippen LogP contribution < -0.4 is 5.32 Å². The first-order chi connectivity index (χ1) is 20.5. The Morgan fingerprint density at radius 3 is 2.55 bits per heavy atom. The van der Waals surface area contributed by atoms with Gasteiger partial charge < -0.3 is 24.0 Å². The van der Waals surface area contributed by atoms with Crippen LogP contribution in [0.25, 0.3) is 11.0 Å². The van der Waals surface area contributed by atoms with E-state index >= 15 is 0 Å². The van der Waals surface area contributed by atoms with Crippen LogP contribution in [0, 0.1) is 5.82 Å². The normalized spacial score (nSPS) is 16.7. The van der Waals surface area contributed by atoms with Crippen LogP contribution in [0.1, 0.15) is 48.8 Å². The molecule has 10 nitrogen and oxygen atoms in total. The molecule has 1 aliphatic heterocycles. The Morgan fingerprint density at radius 2 is 1.93 bits per heavy atom. The first kappa shape index (κ1) is 33.2. The molecule has 0 aliphatic carbocycles. The van der Waals surface area contributed by atoms with Crippen LogP contribution in [0.4, 0.5) is 15.0 Å². The van der Waals surface area contributed by atoms with Crippen molar-refractivity contribution in [2.75, 3.05) is 11.9 Å². The molecule has 4 rings (SSSR count). The number of pyridine rings is 1. The molecule has 236 valence electrons. The van der Waals surface area contributed by atoms with Crippen molar-refractivity contribution in [3.05, 3.63) is 70.6 Å². The average Bonchev–Trinajstić information content (AvgIpc) is 3.34. The third-order valence-electron chi connectivity index (χ3n) is 7.22. The van der Waals surface area contributed by atoms with E-state index in [0.29, 0.717) is 23.3 Å². The number of hydrogen-bond donors (Lipinski definition) is 2. The summed E-state index contributed by atoms with van der Waals surface area (Å²) in [6.07, 6.45) is 0.607. The Kier molecular flexibility index (Phi) is 9.29. The van der Waals surface area contributed by atoms with Crippen molar-refractivity contribution in [1.82, 2.24) is 14.5 Å². The van der Waals surface area contributed by atoms with Crippen molar-refractivity contribution >= 4 is 54.5 Å². The van der Waals surface area contributed by atoms with Crippen LogP contribution >= 0.6 is 11.6 Å². The van der Waals surface area contributed by atoms with Crippen LogP contribution in [-0.4, -0.2) is 57.8 Å². The minimum absolute atomic E-state index is 0.0247. The highest BCUT2D eigenvalue weighted by molar-refractivity contribution is 6.76. The molecule has 13 heteroatoms. The molecule has 1 aromatic carbocycles. The number of fused-ring (bicyclic) bond motifs is 2. The molecule has 44 heavy (non-hydrogen) atoms. The van der Waals surface area contributed by atoms with Crippen molar-refractivity contribution in [2.24, 2.45) is 0 Å². The second kappa shape index (κ2) is 12.3. The molecule has 0 spiro atoms. The highest BCUT2D eigenvalue weighted by Crippen LogP contribution is 2.44. The minimum Gasteiger partial charge on any atom is -0.479 e. The molecule has 0 saturated carbocycles. The van der Waals surface area contributed by atoms with Gasteiger partial charge in [0.05, 0.1) is 22.6 Å². The first-order valence-electron chi connectivity index (χ1n) is 14.2. The minimum atomic E-state index is -1.82. The summed E-state index contributed by atoms with van der Waals surface area (Å²) in [7, 11) is -1.40. The van der Waals surface area contributed by atoms with Gasteiger partial charge >= 0.3 is 12.1 Å². The molecule has 0 bridgehead atoms. The fourth-order valence-electron chi connectivity index (χ4n) is 5.19. The van der Waals surface area contributed by atoms with E-state index in [1.54, 1.807) is 31.4 Å². The quantitative estimate of drug-likeness (QED) is 0.131. The van der Waals surface area contributed by atoms with E-state index in [2.05, 4.69) is 36.5 Å². The number of amides is 2. The maximum absolute atomic E-state index is 14.2. The van der Waals surface area contributed by atoms with Gasteiger partial charge in [0.25, 0.3) is 5.91 Å².